The SMILES string of the molecule is CC(C)(C)OC(=O)C(CC1CCCCC1)NCC(=O)O. The Hall–Kier alpha value is -1.10. The van der Waals surface area contributed by atoms with Gasteiger partial charge in [0, 0.05) is 0 Å². The first kappa shape index (κ1) is 17.0. The lowest BCUT2D eigenvalue weighted by atomic mass is 9.85. The molecule has 116 valence electrons. The monoisotopic (exact) mass is 285 g/mol. The minimum absolute atomic E-state index is 0.212. The van der Waals surface area contributed by atoms with E-state index in [2.05, 4.69) is 5.32 Å². The molecule has 1 fully saturated rings. The first-order valence-corrected chi connectivity index (χ1v) is 7.46. The first-order chi connectivity index (χ1) is 9.28. The van der Waals surface area contributed by atoms with Crippen molar-refractivity contribution in [2.45, 2.75) is 70.9 Å². The summed E-state index contributed by atoms with van der Waals surface area (Å²) < 4.78 is 5.38. The number of hydrogen-bond donors (Lipinski definition) is 2. The molecule has 0 aromatic heterocycles. The summed E-state index contributed by atoms with van der Waals surface area (Å²) in [5, 5.41) is 11.6. The fourth-order valence-electron chi connectivity index (χ4n) is 2.60. The van der Waals surface area contributed by atoms with E-state index in [0.29, 0.717) is 12.3 Å². The van der Waals surface area contributed by atoms with Crippen molar-refractivity contribution >= 4 is 11.9 Å². The predicted octanol–water partition coefficient (Wildman–Crippen LogP) is 2.34. The number of carbonyl (C=O) groups excluding carboxylic acids is 1. The smallest absolute Gasteiger partial charge is 0.323 e. The summed E-state index contributed by atoms with van der Waals surface area (Å²) in [4.78, 5) is 22.9. The molecule has 5 heteroatoms. The van der Waals surface area contributed by atoms with Gasteiger partial charge in [0.1, 0.15) is 11.6 Å². The molecule has 1 unspecified atom stereocenters. The maximum absolute atomic E-state index is 12.2. The number of carbonyl (C=O) groups is 2. The fraction of sp³-hybridized carbons (Fsp3) is 0.867. The molecule has 5 nitrogen and oxygen atoms in total. The van der Waals surface area contributed by atoms with Crippen LogP contribution in [0.2, 0.25) is 0 Å². The van der Waals surface area contributed by atoms with Gasteiger partial charge in [0.2, 0.25) is 0 Å². The predicted molar refractivity (Wildman–Crippen MR) is 76.5 cm³/mol. The highest BCUT2D eigenvalue weighted by atomic mass is 16.6. The van der Waals surface area contributed by atoms with Crippen LogP contribution >= 0.6 is 0 Å². The van der Waals surface area contributed by atoms with Crippen molar-refractivity contribution in [3.63, 3.8) is 0 Å². The normalized spacial score (nSPS) is 18.6. The van der Waals surface area contributed by atoms with Gasteiger partial charge in [-0.25, -0.2) is 0 Å². The van der Waals surface area contributed by atoms with Gasteiger partial charge in [0.05, 0.1) is 6.54 Å². The summed E-state index contributed by atoms with van der Waals surface area (Å²) in [7, 11) is 0. The van der Waals surface area contributed by atoms with Gasteiger partial charge in [-0.05, 0) is 33.1 Å². The highest BCUT2D eigenvalue weighted by molar-refractivity contribution is 5.77. The van der Waals surface area contributed by atoms with Gasteiger partial charge in [-0.1, -0.05) is 32.1 Å². The van der Waals surface area contributed by atoms with Crippen LogP contribution in [0.3, 0.4) is 0 Å². The zero-order valence-corrected chi connectivity index (χ0v) is 12.8. The maximum Gasteiger partial charge on any atom is 0.323 e. The standard InChI is InChI=1S/C15H27NO4/c1-15(2,3)20-14(19)12(16-10-13(17)18)9-11-7-5-4-6-8-11/h11-12,16H,4-10H2,1-3H3,(H,17,18). The Morgan fingerprint density at radius 3 is 2.35 bits per heavy atom. The van der Waals surface area contributed by atoms with E-state index in [-0.39, 0.29) is 12.5 Å². The van der Waals surface area contributed by atoms with Crippen LogP contribution in [0.1, 0.15) is 59.3 Å². The molecule has 0 radical (unpaired) electrons. The molecule has 1 saturated carbocycles. The highest BCUT2D eigenvalue weighted by Crippen LogP contribution is 2.28. The van der Waals surface area contributed by atoms with Crippen LogP contribution in [-0.4, -0.2) is 35.2 Å². The average Bonchev–Trinajstić information content (AvgIpc) is 2.33. The molecule has 1 atom stereocenters. The quantitative estimate of drug-likeness (QED) is 0.733. The van der Waals surface area contributed by atoms with Gasteiger partial charge in [-0.2, -0.15) is 0 Å². The van der Waals surface area contributed by atoms with Crippen LogP contribution in [0.15, 0.2) is 0 Å². The summed E-state index contributed by atoms with van der Waals surface area (Å²) in [6, 6.07) is -0.520. The van der Waals surface area contributed by atoms with Crippen molar-refractivity contribution in [2.24, 2.45) is 5.92 Å². The molecule has 0 aliphatic heterocycles. The van der Waals surface area contributed by atoms with E-state index in [9.17, 15) is 9.59 Å². The number of ether oxygens (including phenoxy) is 1. The molecular weight excluding hydrogens is 258 g/mol. The maximum atomic E-state index is 12.2. The number of rotatable bonds is 6. The number of nitrogens with one attached hydrogen (secondary N) is 1. The van der Waals surface area contributed by atoms with Crippen molar-refractivity contribution in [1.82, 2.24) is 5.32 Å². The van der Waals surface area contributed by atoms with Crippen molar-refractivity contribution in [2.75, 3.05) is 6.54 Å². The largest absolute Gasteiger partial charge is 0.480 e. The molecule has 1 rings (SSSR count). The lowest BCUT2D eigenvalue weighted by Crippen LogP contribution is -2.44. The van der Waals surface area contributed by atoms with Crippen LogP contribution in [0.4, 0.5) is 0 Å². The molecule has 0 amide bonds. The van der Waals surface area contributed by atoms with Crippen LogP contribution in [-0.2, 0) is 14.3 Å². The lowest BCUT2D eigenvalue weighted by Gasteiger charge is -2.28. The summed E-state index contributed by atoms with van der Waals surface area (Å²) in [5.41, 5.74) is -0.549. The van der Waals surface area contributed by atoms with E-state index in [1.165, 1.54) is 19.3 Å². The third-order valence-electron chi connectivity index (χ3n) is 3.48. The second-order valence-electron chi connectivity index (χ2n) is 6.60. The number of hydrogen-bond acceptors (Lipinski definition) is 4. The van der Waals surface area contributed by atoms with E-state index in [4.69, 9.17) is 9.84 Å². The Bertz CT molecular complexity index is 329. The summed E-state index contributed by atoms with van der Waals surface area (Å²) in [6.07, 6.45) is 6.57. The summed E-state index contributed by atoms with van der Waals surface area (Å²) in [5.74, 6) is -0.811. The van der Waals surface area contributed by atoms with Gasteiger partial charge in [0.25, 0.3) is 0 Å². The Labute approximate surface area is 121 Å². The van der Waals surface area contributed by atoms with E-state index in [1.807, 2.05) is 20.8 Å². The first-order valence-electron chi connectivity index (χ1n) is 7.46. The topological polar surface area (TPSA) is 75.6 Å². The Morgan fingerprint density at radius 2 is 1.85 bits per heavy atom. The number of carboxylic acid groups (broad SMARTS) is 1. The molecule has 0 spiro atoms. The minimum atomic E-state index is -0.956. The van der Waals surface area contributed by atoms with Gasteiger partial charge in [-0.3, -0.25) is 14.9 Å². The molecule has 1 aliphatic carbocycles. The molecule has 0 aromatic rings. The average molecular weight is 285 g/mol. The molecule has 0 saturated heterocycles. The zero-order valence-electron chi connectivity index (χ0n) is 12.8. The van der Waals surface area contributed by atoms with Gasteiger partial charge >= 0.3 is 11.9 Å². The highest BCUT2D eigenvalue weighted by Gasteiger charge is 2.28. The zero-order chi connectivity index (χ0) is 15.2. The van der Waals surface area contributed by atoms with Crippen molar-refractivity contribution < 1.29 is 19.4 Å². The van der Waals surface area contributed by atoms with Crippen molar-refractivity contribution in [3.05, 3.63) is 0 Å². The number of carboxylic acids is 1. The number of aliphatic carboxylic acids is 1. The molecule has 0 bridgehead atoms. The summed E-state index contributed by atoms with van der Waals surface area (Å²) in [6.45, 7) is 5.25. The second kappa shape index (κ2) is 7.62. The molecule has 2 N–H and O–H groups in total. The Balaban J connectivity index is 2.58. The molecule has 0 aromatic carbocycles. The van der Waals surface area contributed by atoms with E-state index < -0.39 is 17.6 Å². The van der Waals surface area contributed by atoms with Crippen LogP contribution in [0, 0.1) is 5.92 Å². The molecule has 0 heterocycles. The van der Waals surface area contributed by atoms with Crippen molar-refractivity contribution in [3.8, 4) is 0 Å². The van der Waals surface area contributed by atoms with E-state index in [0.717, 1.165) is 12.8 Å². The molecule has 1 aliphatic rings. The fourth-order valence-corrected chi connectivity index (χ4v) is 2.60. The van der Waals surface area contributed by atoms with E-state index >= 15 is 0 Å². The lowest BCUT2D eigenvalue weighted by molar-refractivity contribution is -0.158. The van der Waals surface area contributed by atoms with Crippen LogP contribution in [0.25, 0.3) is 0 Å². The van der Waals surface area contributed by atoms with Gasteiger partial charge < -0.3 is 9.84 Å². The third kappa shape index (κ3) is 6.89. The summed E-state index contributed by atoms with van der Waals surface area (Å²) >= 11 is 0. The van der Waals surface area contributed by atoms with Crippen molar-refractivity contribution in [1.29, 1.82) is 0 Å². The minimum Gasteiger partial charge on any atom is -0.480 e. The Morgan fingerprint density at radius 1 is 1.25 bits per heavy atom. The van der Waals surface area contributed by atoms with Gasteiger partial charge in [0.15, 0.2) is 0 Å². The second-order valence-corrected chi connectivity index (χ2v) is 6.60. The molecule has 20 heavy (non-hydrogen) atoms. The Kier molecular flexibility index (Phi) is 6.46. The van der Waals surface area contributed by atoms with Crippen LogP contribution < -0.4 is 5.32 Å². The molecular formula is C15H27NO4. The number of esters is 1. The third-order valence-corrected chi connectivity index (χ3v) is 3.48. The van der Waals surface area contributed by atoms with Crippen LogP contribution in [0.5, 0.6) is 0 Å². The van der Waals surface area contributed by atoms with Gasteiger partial charge in [-0.15, -0.1) is 0 Å². The van der Waals surface area contributed by atoms with E-state index in [1.54, 1.807) is 0 Å².